The number of ether oxygens (including phenoxy) is 2. The van der Waals surface area contributed by atoms with Gasteiger partial charge in [-0.15, -0.1) is 0 Å². The molecule has 1 aromatic carbocycles. The molecule has 0 atom stereocenters. The van der Waals surface area contributed by atoms with Crippen LogP contribution in [0.2, 0.25) is 0 Å². The topological polar surface area (TPSA) is 44.5 Å². The second-order valence-corrected chi connectivity index (χ2v) is 3.94. The molecule has 0 amide bonds. The Morgan fingerprint density at radius 2 is 1.74 bits per heavy atom. The van der Waals surface area contributed by atoms with Crippen LogP contribution in [0.15, 0.2) is 18.2 Å². The highest BCUT2D eigenvalue weighted by Gasteiger charge is 2.41. The Morgan fingerprint density at radius 3 is 2.26 bits per heavy atom. The summed E-state index contributed by atoms with van der Waals surface area (Å²) in [5.41, 5.74) is 5.77. The zero-order valence-electron chi connectivity index (χ0n) is 10.3. The Bertz CT molecular complexity index is 413. The van der Waals surface area contributed by atoms with Crippen molar-refractivity contribution in [3.05, 3.63) is 18.2 Å². The number of nitrogen functional groups attached to an aromatic ring is 1. The van der Waals surface area contributed by atoms with E-state index in [1.165, 1.54) is 18.2 Å². The lowest BCUT2D eigenvalue weighted by Crippen LogP contribution is -2.33. The molecule has 0 saturated heterocycles. The highest BCUT2D eigenvalue weighted by molar-refractivity contribution is 5.50. The van der Waals surface area contributed by atoms with Crippen molar-refractivity contribution in [3.63, 3.8) is 0 Å². The lowest BCUT2D eigenvalue weighted by atomic mass is 10.3. The monoisotopic (exact) mass is 281 g/mol. The van der Waals surface area contributed by atoms with Crippen molar-refractivity contribution in [2.45, 2.75) is 25.7 Å². The van der Waals surface area contributed by atoms with Crippen molar-refractivity contribution < 1.29 is 27.0 Å². The standard InChI is InChI=1S/C12H15F4NO2/c1-2-3-18-9-4-8(17)5-10(6-9)19-7-12(15,16)11(13)14/h4-6,11H,2-3,7,17H2,1H3. The molecule has 0 saturated carbocycles. The number of alkyl halides is 4. The molecule has 0 fully saturated rings. The minimum Gasteiger partial charge on any atom is -0.493 e. The van der Waals surface area contributed by atoms with Crippen molar-refractivity contribution in [2.24, 2.45) is 0 Å². The summed E-state index contributed by atoms with van der Waals surface area (Å²) >= 11 is 0. The van der Waals surface area contributed by atoms with Crippen LogP contribution < -0.4 is 15.2 Å². The quantitative estimate of drug-likeness (QED) is 0.616. The van der Waals surface area contributed by atoms with E-state index in [9.17, 15) is 17.6 Å². The Labute approximate surface area is 108 Å². The fourth-order valence-electron chi connectivity index (χ4n) is 1.22. The fraction of sp³-hybridized carbons (Fsp3) is 0.500. The molecule has 0 radical (unpaired) electrons. The van der Waals surface area contributed by atoms with E-state index in [4.69, 9.17) is 10.5 Å². The Hall–Kier alpha value is -1.66. The average molecular weight is 281 g/mol. The van der Waals surface area contributed by atoms with Gasteiger partial charge < -0.3 is 15.2 Å². The zero-order chi connectivity index (χ0) is 14.5. The predicted molar refractivity (Wildman–Crippen MR) is 63.1 cm³/mol. The number of rotatable bonds is 7. The first kappa shape index (κ1) is 15.4. The Morgan fingerprint density at radius 1 is 1.16 bits per heavy atom. The normalized spacial score (nSPS) is 11.7. The molecule has 3 nitrogen and oxygen atoms in total. The summed E-state index contributed by atoms with van der Waals surface area (Å²) in [5, 5.41) is 0. The van der Waals surface area contributed by atoms with E-state index in [1.807, 2.05) is 6.92 Å². The van der Waals surface area contributed by atoms with Crippen LogP contribution in [0.25, 0.3) is 0 Å². The van der Waals surface area contributed by atoms with E-state index in [2.05, 4.69) is 4.74 Å². The van der Waals surface area contributed by atoms with Crippen molar-refractivity contribution in [2.75, 3.05) is 18.9 Å². The molecule has 0 unspecified atom stereocenters. The molecule has 7 heteroatoms. The van der Waals surface area contributed by atoms with E-state index in [0.717, 1.165) is 6.42 Å². The van der Waals surface area contributed by atoms with Gasteiger partial charge in [-0.25, -0.2) is 8.78 Å². The largest absolute Gasteiger partial charge is 0.493 e. The molecular formula is C12H15F4NO2. The molecule has 2 N–H and O–H groups in total. The van der Waals surface area contributed by atoms with E-state index in [1.54, 1.807) is 0 Å². The predicted octanol–water partition coefficient (Wildman–Crippen LogP) is 3.34. The minimum absolute atomic E-state index is 0.0357. The zero-order valence-corrected chi connectivity index (χ0v) is 10.3. The average Bonchev–Trinajstić information content (AvgIpc) is 2.33. The van der Waals surface area contributed by atoms with Gasteiger partial charge in [0.25, 0.3) is 0 Å². The third-order valence-corrected chi connectivity index (χ3v) is 2.13. The van der Waals surface area contributed by atoms with Crippen molar-refractivity contribution >= 4 is 5.69 Å². The molecule has 1 aromatic rings. The number of hydrogen-bond acceptors (Lipinski definition) is 3. The molecule has 1 rings (SSSR count). The van der Waals surface area contributed by atoms with Crippen LogP contribution in [0.4, 0.5) is 23.2 Å². The number of hydrogen-bond donors (Lipinski definition) is 1. The summed E-state index contributed by atoms with van der Waals surface area (Å²) in [6, 6.07) is 4.09. The highest BCUT2D eigenvalue weighted by Crippen LogP contribution is 2.28. The van der Waals surface area contributed by atoms with E-state index < -0.39 is 19.0 Å². The first-order chi connectivity index (χ1) is 8.85. The van der Waals surface area contributed by atoms with Gasteiger partial charge in [-0.05, 0) is 6.42 Å². The van der Waals surface area contributed by atoms with Crippen molar-refractivity contribution in [1.29, 1.82) is 0 Å². The van der Waals surface area contributed by atoms with E-state index in [0.29, 0.717) is 12.4 Å². The number of anilines is 1. The van der Waals surface area contributed by atoms with Crippen LogP contribution in [-0.2, 0) is 0 Å². The maximum absolute atomic E-state index is 12.7. The maximum atomic E-state index is 12.7. The number of benzene rings is 1. The van der Waals surface area contributed by atoms with Crippen LogP contribution in [0.3, 0.4) is 0 Å². The fourth-order valence-corrected chi connectivity index (χ4v) is 1.22. The third kappa shape index (κ3) is 4.84. The second kappa shape index (κ2) is 6.49. The molecule has 0 aliphatic carbocycles. The maximum Gasteiger partial charge on any atom is 0.340 e. The van der Waals surface area contributed by atoms with Crippen molar-refractivity contribution in [3.8, 4) is 11.5 Å². The molecule has 0 heterocycles. The lowest BCUT2D eigenvalue weighted by molar-refractivity contribution is -0.148. The van der Waals surface area contributed by atoms with Gasteiger partial charge in [-0.2, -0.15) is 8.78 Å². The van der Waals surface area contributed by atoms with Gasteiger partial charge in [0, 0.05) is 23.9 Å². The summed E-state index contributed by atoms with van der Waals surface area (Å²) in [7, 11) is 0. The molecule has 0 aromatic heterocycles. The van der Waals surface area contributed by atoms with E-state index >= 15 is 0 Å². The van der Waals surface area contributed by atoms with Gasteiger partial charge in [0.2, 0.25) is 0 Å². The van der Waals surface area contributed by atoms with Gasteiger partial charge >= 0.3 is 12.3 Å². The Balaban J connectivity index is 2.70. The van der Waals surface area contributed by atoms with Gasteiger partial charge in [-0.1, -0.05) is 6.92 Å². The van der Waals surface area contributed by atoms with E-state index in [-0.39, 0.29) is 11.4 Å². The van der Waals surface area contributed by atoms with Crippen LogP contribution in [0.5, 0.6) is 11.5 Å². The number of halogens is 4. The summed E-state index contributed by atoms with van der Waals surface area (Å²) in [4.78, 5) is 0. The molecule has 0 aliphatic heterocycles. The smallest absolute Gasteiger partial charge is 0.340 e. The second-order valence-electron chi connectivity index (χ2n) is 3.94. The summed E-state index contributed by atoms with van der Waals surface area (Å²) in [6.07, 6.45) is -3.02. The molecular weight excluding hydrogens is 266 g/mol. The first-order valence-corrected chi connectivity index (χ1v) is 5.67. The van der Waals surface area contributed by atoms with Gasteiger partial charge in [0.15, 0.2) is 6.61 Å². The van der Waals surface area contributed by atoms with Crippen LogP contribution in [-0.4, -0.2) is 25.6 Å². The Kier molecular flexibility index (Phi) is 5.26. The summed E-state index contributed by atoms with van der Waals surface area (Å²) in [5.74, 6) is -3.89. The van der Waals surface area contributed by atoms with Gasteiger partial charge in [0.05, 0.1) is 6.61 Å². The van der Waals surface area contributed by atoms with Crippen LogP contribution in [0.1, 0.15) is 13.3 Å². The van der Waals surface area contributed by atoms with Gasteiger partial charge in [0.1, 0.15) is 11.5 Å². The van der Waals surface area contributed by atoms with Crippen LogP contribution in [0, 0.1) is 0 Å². The van der Waals surface area contributed by atoms with Crippen molar-refractivity contribution in [1.82, 2.24) is 0 Å². The first-order valence-electron chi connectivity index (χ1n) is 5.67. The molecule has 0 bridgehead atoms. The third-order valence-electron chi connectivity index (χ3n) is 2.13. The highest BCUT2D eigenvalue weighted by atomic mass is 19.3. The summed E-state index contributed by atoms with van der Waals surface area (Å²) < 4.78 is 59.2. The number of nitrogens with two attached hydrogens (primary N) is 1. The van der Waals surface area contributed by atoms with Crippen LogP contribution >= 0.6 is 0 Å². The molecule has 0 aliphatic rings. The minimum atomic E-state index is -4.20. The molecule has 108 valence electrons. The summed E-state index contributed by atoms with van der Waals surface area (Å²) in [6.45, 7) is 0.907. The molecule has 0 spiro atoms. The lowest BCUT2D eigenvalue weighted by Gasteiger charge is -2.16. The van der Waals surface area contributed by atoms with Gasteiger partial charge in [-0.3, -0.25) is 0 Å². The molecule has 19 heavy (non-hydrogen) atoms. The SMILES string of the molecule is CCCOc1cc(N)cc(OCC(F)(F)C(F)F)c1.